The maximum Gasteiger partial charge on any atom is 0.230 e. The second-order valence-corrected chi connectivity index (χ2v) is 11.5. The molecule has 6 rings (SSSR count). The number of benzene rings is 2. The zero-order chi connectivity index (χ0) is 26.8. The van der Waals surface area contributed by atoms with Gasteiger partial charge in [0.1, 0.15) is 11.6 Å². The number of halogens is 1. The SMILES string of the molecule is Cn1c(CN2CCC(C(=O)N(CC3CCCC3)c3ccc(N4CCOCC4)c(F)c3)CC2)nc2ccccc21. The normalized spacial score (nSPS) is 19.7. The third kappa shape index (κ3) is 5.68. The summed E-state index contributed by atoms with van der Waals surface area (Å²) in [6.45, 7) is 5.80. The summed E-state index contributed by atoms with van der Waals surface area (Å²) in [6.07, 6.45) is 6.37. The molecule has 1 aliphatic carbocycles. The van der Waals surface area contributed by atoms with Crippen molar-refractivity contribution in [2.45, 2.75) is 45.1 Å². The molecule has 3 heterocycles. The minimum absolute atomic E-state index is 0.0370. The van der Waals surface area contributed by atoms with Gasteiger partial charge in [0.05, 0.1) is 36.5 Å². The van der Waals surface area contributed by atoms with Crippen LogP contribution in [0.4, 0.5) is 15.8 Å². The Labute approximate surface area is 230 Å². The molecular weight excluding hydrogens is 493 g/mol. The topological polar surface area (TPSA) is 53.8 Å². The van der Waals surface area contributed by atoms with Gasteiger partial charge in [-0.15, -0.1) is 0 Å². The largest absolute Gasteiger partial charge is 0.378 e. The highest BCUT2D eigenvalue weighted by molar-refractivity contribution is 5.95. The molecule has 0 atom stereocenters. The fourth-order valence-corrected chi connectivity index (χ4v) is 6.59. The quantitative estimate of drug-likeness (QED) is 0.429. The number of carbonyl (C=O) groups excluding carboxylic acids is 1. The lowest BCUT2D eigenvalue weighted by Crippen LogP contribution is -2.44. The first-order valence-corrected chi connectivity index (χ1v) is 14.6. The summed E-state index contributed by atoms with van der Waals surface area (Å²) in [5.41, 5.74) is 3.47. The summed E-state index contributed by atoms with van der Waals surface area (Å²) in [5.74, 6) is 1.41. The van der Waals surface area contributed by atoms with Gasteiger partial charge in [-0.3, -0.25) is 9.69 Å². The second kappa shape index (κ2) is 11.6. The predicted molar refractivity (Wildman–Crippen MR) is 152 cm³/mol. The maximum atomic E-state index is 15.3. The molecule has 0 radical (unpaired) electrons. The summed E-state index contributed by atoms with van der Waals surface area (Å²) < 4.78 is 22.9. The van der Waals surface area contributed by atoms with E-state index in [1.807, 2.05) is 34.1 Å². The van der Waals surface area contributed by atoms with Crippen LogP contribution in [-0.2, 0) is 23.1 Å². The van der Waals surface area contributed by atoms with Gasteiger partial charge in [-0.2, -0.15) is 0 Å². The Morgan fingerprint density at radius 1 is 1.03 bits per heavy atom. The van der Waals surface area contributed by atoms with Crippen molar-refractivity contribution < 1.29 is 13.9 Å². The third-order valence-corrected chi connectivity index (χ3v) is 8.96. The summed E-state index contributed by atoms with van der Waals surface area (Å²) in [5, 5.41) is 0. The number of anilines is 2. The molecule has 2 aromatic carbocycles. The van der Waals surface area contributed by atoms with Crippen molar-refractivity contribution in [2.75, 3.05) is 55.7 Å². The van der Waals surface area contributed by atoms with Crippen LogP contribution in [-0.4, -0.2) is 66.3 Å². The number of hydrogen-bond acceptors (Lipinski definition) is 5. The Kier molecular flexibility index (Phi) is 7.84. The van der Waals surface area contributed by atoms with Crippen LogP contribution >= 0.6 is 0 Å². The number of aromatic nitrogens is 2. The Hall–Kier alpha value is -2.97. The number of amides is 1. The standard InChI is InChI=1S/C31H40FN5O2/c1-34-29-9-5-4-8-27(29)33-30(34)22-35-14-12-24(13-15-35)31(38)37(21-23-6-2-3-7-23)25-10-11-28(26(32)20-25)36-16-18-39-19-17-36/h4-5,8-11,20,23-24H,2-3,6-7,12-19,21-22H2,1H3. The molecule has 1 amide bonds. The van der Waals surface area contributed by atoms with E-state index in [0.717, 1.165) is 62.2 Å². The van der Waals surface area contributed by atoms with Crippen LogP contribution in [0.2, 0.25) is 0 Å². The number of carbonyl (C=O) groups is 1. The number of nitrogens with zero attached hydrogens (tertiary/aromatic N) is 5. The summed E-state index contributed by atoms with van der Waals surface area (Å²) >= 11 is 0. The lowest BCUT2D eigenvalue weighted by atomic mass is 9.94. The molecule has 0 bridgehead atoms. The van der Waals surface area contributed by atoms with Crippen molar-refractivity contribution in [2.24, 2.45) is 18.9 Å². The molecule has 3 aromatic rings. The molecule has 0 N–H and O–H groups in total. The van der Waals surface area contributed by atoms with E-state index in [1.165, 1.54) is 12.8 Å². The van der Waals surface area contributed by atoms with E-state index in [2.05, 4.69) is 28.6 Å². The number of rotatable bonds is 7. The van der Waals surface area contributed by atoms with Crippen LogP contribution in [0.25, 0.3) is 11.0 Å². The van der Waals surface area contributed by atoms with Crippen LogP contribution in [0.3, 0.4) is 0 Å². The second-order valence-electron chi connectivity index (χ2n) is 11.5. The monoisotopic (exact) mass is 533 g/mol. The van der Waals surface area contributed by atoms with E-state index in [0.29, 0.717) is 50.1 Å². The van der Waals surface area contributed by atoms with E-state index in [-0.39, 0.29) is 17.6 Å². The van der Waals surface area contributed by atoms with Crippen LogP contribution in [0, 0.1) is 17.7 Å². The van der Waals surface area contributed by atoms with E-state index in [9.17, 15) is 4.79 Å². The minimum atomic E-state index is -0.254. The van der Waals surface area contributed by atoms with Gasteiger partial charge in [-0.25, -0.2) is 9.37 Å². The highest BCUT2D eigenvalue weighted by atomic mass is 19.1. The van der Waals surface area contributed by atoms with Crippen molar-refractivity contribution >= 4 is 28.3 Å². The molecule has 8 heteroatoms. The third-order valence-electron chi connectivity index (χ3n) is 8.96. The Morgan fingerprint density at radius 2 is 1.77 bits per heavy atom. The van der Waals surface area contributed by atoms with Crippen molar-refractivity contribution in [1.29, 1.82) is 0 Å². The molecule has 2 aliphatic heterocycles. The fourth-order valence-electron chi connectivity index (χ4n) is 6.59. The average molecular weight is 534 g/mol. The number of piperidine rings is 1. The Balaban J connectivity index is 1.14. The van der Waals surface area contributed by atoms with Gasteiger partial charge in [0.25, 0.3) is 0 Å². The summed E-state index contributed by atoms with van der Waals surface area (Å²) in [7, 11) is 2.07. The first-order valence-electron chi connectivity index (χ1n) is 14.6. The number of aryl methyl sites for hydroxylation is 1. The molecule has 1 saturated carbocycles. The van der Waals surface area contributed by atoms with Gasteiger partial charge in [-0.1, -0.05) is 25.0 Å². The molecule has 3 aliphatic rings. The number of likely N-dealkylation sites (tertiary alicyclic amines) is 1. The van der Waals surface area contributed by atoms with E-state index in [1.54, 1.807) is 6.07 Å². The van der Waals surface area contributed by atoms with E-state index >= 15 is 4.39 Å². The van der Waals surface area contributed by atoms with Gasteiger partial charge >= 0.3 is 0 Å². The van der Waals surface area contributed by atoms with E-state index < -0.39 is 0 Å². The van der Waals surface area contributed by atoms with Gasteiger partial charge in [0.2, 0.25) is 5.91 Å². The molecular formula is C31H40FN5O2. The lowest BCUT2D eigenvalue weighted by Gasteiger charge is -2.35. The Morgan fingerprint density at radius 3 is 2.49 bits per heavy atom. The molecule has 7 nitrogen and oxygen atoms in total. The Bertz CT molecular complexity index is 1290. The number of ether oxygens (including phenoxy) is 1. The van der Waals surface area contributed by atoms with Gasteiger partial charge < -0.3 is 19.1 Å². The van der Waals surface area contributed by atoms with Crippen LogP contribution in [0.15, 0.2) is 42.5 Å². The molecule has 1 aromatic heterocycles. The molecule has 2 saturated heterocycles. The number of imidazole rings is 1. The van der Waals surface area contributed by atoms with Crippen LogP contribution in [0.5, 0.6) is 0 Å². The molecule has 39 heavy (non-hydrogen) atoms. The number of morpholine rings is 1. The smallest absolute Gasteiger partial charge is 0.230 e. The molecule has 208 valence electrons. The number of para-hydroxylation sites is 2. The zero-order valence-electron chi connectivity index (χ0n) is 23.0. The molecule has 3 fully saturated rings. The minimum Gasteiger partial charge on any atom is -0.378 e. The van der Waals surface area contributed by atoms with Crippen LogP contribution in [0.1, 0.15) is 44.3 Å². The average Bonchev–Trinajstić information content (AvgIpc) is 3.60. The highest BCUT2D eigenvalue weighted by Crippen LogP contribution is 2.32. The van der Waals surface area contributed by atoms with Crippen molar-refractivity contribution in [3.63, 3.8) is 0 Å². The number of fused-ring (bicyclic) bond motifs is 1. The van der Waals surface area contributed by atoms with Crippen LogP contribution < -0.4 is 9.80 Å². The summed E-state index contributed by atoms with van der Waals surface area (Å²) in [6, 6.07) is 13.6. The van der Waals surface area contributed by atoms with Gasteiger partial charge in [0.15, 0.2) is 0 Å². The van der Waals surface area contributed by atoms with E-state index in [4.69, 9.17) is 9.72 Å². The predicted octanol–water partition coefficient (Wildman–Crippen LogP) is 4.98. The van der Waals surface area contributed by atoms with Gasteiger partial charge in [-0.05, 0) is 75.0 Å². The first-order chi connectivity index (χ1) is 19.1. The fraction of sp³-hybridized carbons (Fsp3) is 0.548. The van der Waals surface area contributed by atoms with Crippen molar-refractivity contribution in [3.8, 4) is 0 Å². The van der Waals surface area contributed by atoms with Crippen molar-refractivity contribution in [3.05, 3.63) is 54.1 Å². The lowest BCUT2D eigenvalue weighted by molar-refractivity contribution is -0.124. The molecule has 0 spiro atoms. The first kappa shape index (κ1) is 26.3. The van der Waals surface area contributed by atoms with Crippen molar-refractivity contribution in [1.82, 2.24) is 14.5 Å². The summed E-state index contributed by atoms with van der Waals surface area (Å²) in [4.78, 5) is 25.1. The zero-order valence-corrected chi connectivity index (χ0v) is 23.0. The maximum absolute atomic E-state index is 15.3. The highest BCUT2D eigenvalue weighted by Gasteiger charge is 2.32. The molecule has 0 unspecified atom stereocenters. The number of hydrogen-bond donors (Lipinski definition) is 0. The van der Waals surface area contributed by atoms with Gasteiger partial charge in [0, 0.05) is 38.3 Å².